The van der Waals surface area contributed by atoms with Gasteiger partial charge in [0.05, 0.1) is 6.10 Å². The summed E-state index contributed by atoms with van der Waals surface area (Å²) in [6.45, 7) is 10.6. The first-order chi connectivity index (χ1) is 8.71. The van der Waals surface area contributed by atoms with Crippen molar-refractivity contribution in [2.75, 3.05) is 6.54 Å². The van der Waals surface area contributed by atoms with Gasteiger partial charge in [0.1, 0.15) is 5.75 Å². The third-order valence-electron chi connectivity index (χ3n) is 3.16. The van der Waals surface area contributed by atoms with Crippen LogP contribution in [0.2, 0.25) is 0 Å². The van der Waals surface area contributed by atoms with E-state index >= 15 is 0 Å². The van der Waals surface area contributed by atoms with Gasteiger partial charge in [-0.1, -0.05) is 38.5 Å². The highest BCUT2D eigenvalue weighted by Crippen LogP contribution is 2.22. The van der Waals surface area contributed by atoms with Gasteiger partial charge in [0, 0.05) is 12.1 Å². The molecule has 0 atom stereocenters. The standard InChI is InChI=1S/C16H27NO/c1-5-10-17-12-14-11-13(4)8-9-16(14)18-15(6-2)7-3/h8-9,11,15,17H,5-7,10,12H2,1-4H3. The third-order valence-corrected chi connectivity index (χ3v) is 3.16. The summed E-state index contributed by atoms with van der Waals surface area (Å²) in [6.07, 6.45) is 3.62. The number of hydrogen-bond acceptors (Lipinski definition) is 2. The predicted molar refractivity (Wildman–Crippen MR) is 78.2 cm³/mol. The fourth-order valence-electron chi connectivity index (χ4n) is 2.00. The van der Waals surface area contributed by atoms with Crippen LogP contribution in [0.1, 0.15) is 51.2 Å². The lowest BCUT2D eigenvalue weighted by molar-refractivity contribution is 0.190. The van der Waals surface area contributed by atoms with E-state index in [0.29, 0.717) is 6.10 Å². The van der Waals surface area contributed by atoms with Gasteiger partial charge in [0.15, 0.2) is 0 Å². The molecular formula is C16H27NO. The van der Waals surface area contributed by atoms with Crippen molar-refractivity contribution in [2.24, 2.45) is 0 Å². The molecule has 0 saturated carbocycles. The van der Waals surface area contributed by atoms with E-state index in [2.05, 4.69) is 51.2 Å². The van der Waals surface area contributed by atoms with Crippen molar-refractivity contribution in [2.45, 2.75) is 59.6 Å². The van der Waals surface area contributed by atoms with Gasteiger partial charge in [-0.05, 0) is 38.8 Å². The molecule has 0 radical (unpaired) electrons. The molecule has 0 aliphatic rings. The monoisotopic (exact) mass is 249 g/mol. The molecule has 0 fully saturated rings. The first-order valence-electron chi connectivity index (χ1n) is 7.18. The van der Waals surface area contributed by atoms with Crippen LogP contribution in [-0.2, 0) is 6.54 Å². The molecule has 2 heteroatoms. The highest BCUT2D eigenvalue weighted by atomic mass is 16.5. The second-order valence-electron chi connectivity index (χ2n) is 4.84. The molecule has 0 bridgehead atoms. The molecule has 0 amide bonds. The van der Waals surface area contributed by atoms with Crippen LogP contribution in [0.25, 0.3) is 0 Å². The molecule has 2 nitrogen and oxygen atoms in total. The minimum Gasteiger partial charge on any atom is -0.490 e. The van der Waals surface area contributed by atoms with E-state index in [1.165, 1.54) is 11.1 Å². The van der Waals surface area contributed by atoms with Gasteiger partial charge in [-0.25, -0.2) is 0 Å². The molecular weight excluding hydrogens is 222 g/mol. The molecule has 0 saturated heterocycles. The Bertz CT molecular complexity index is 345. The van der Waals surface area contributed by atoms with E-state index < -0.39 is 0 Å². The smallest absolute Gasteiger partial charge is 0.124 e. The summed E-state index contributed by atoms with van der Waals surface area (Å²) < 4.78 is 6.09. The minimum absolute atomic E-state index is 0.331. The van der Waals surface area contributed by atoms with E-state index in [4.69, 9.17) is 4.74 Å². The maximum absolute atomic E-state index is 6.09. The summed E-state index contributed by atoms with van der Waals surface area (Å²) in [5.74, 6) is 1.04. The predicted octanol–water partition coefficient (Wildman–Crippen LogP) is 4.06. The molecule has 0 spiro atoms. The van der Waals surface area contributed by atoms with E-state index in [-0.39, 0.29) is 0 Å². The van der Waals surface area contributed by atoms with Gasteiger partial charge >= 0.3 is 0 Å². The Hall–Kier alpha value is -1.02. The molecule has 1 aromatic carbocycles. The second kappa shape index (κ2) is 8.15. The Morgan fingerprint density at radius 1 is 1.17 bits per heavy atom. The minimum atomic E-state index is 0.331. The molecule has 1 N–H and O–H groups in total. The zero-order valence-corrected chi connectivity index (χ0v) is 12.3. The lowest BCUT2D eigenvalue weighted by Crippen LogP contribution is -2.18. The summed E-state index contributed by atoms with van der Waals surface area (Å²) in [5, 5.41) is 3.45. The zero-order chi connectivity index (χ0) is 13.4. The summed E-state index contributed by atoms with van der Waals surface area (Å²) in [5.41, 5.74) is 2.57. The lowest BCUT2D eigenvalue weighted by atomic mass is 10.1. The molecule has 0 aliphatic heterocycles. The SMILES string of the molecule is CCCNCc1cc(C)ccc1OC(CC)CC. The lowest BCUT2D eigenvalue weighted by Gasteiger charge is -2.19. The maximum Gasteiger partial charge on any atom is 0.124 e. The van der Waals surface area contributed by atoms with Crippen LogP contribution in [-0.4, -0.2) is 12.6 Å². The van der Waals surface area contributed by atoms with Crippen LogP contribution in [0.15, 0.2) is 18.2 Å². The number of rotatable bonds is 8. The topological polar surface area (TPSA) is 21.3 Å². The largest absolute Gasteiger partial charge is 0.490 e. The van der Waals surface area contributed by atoms with Crippen molar-refractivity contribution >= 4 is 0 Å². The van der Waals surface area contributed by atoms with Crippen LogP contribution in [0.4, 0.5) is 0 Å². The van der Waals surface area contributed by atoms with Crippen molar-refractivity contribution in [3.05, 3.63) is 29.3 Å². The van der Waals surface area contributed by atoms with Gasteiger partial charge < -0.3 is 10.1 Å². The Balaban J connectivity index is 2.75. The van der Waals surface area contributed by atoms with Gasteiger partial charge in [-0.2, -0.15) is 0 Å². The summed E-state index contributed by atoms with van der Waals surface area (Å²) in [6, 6.07) is 6.46. The molecule has 102 valence electrons. The average Bonchev–Trinajstić information content (AvgIpc) is 2.38. The van der Waals surface area contributed by atoms with Crippen LogP contribution < -0.4 is 10.1 Å². The molecule has 1 aromatic rings. The van der Waals surface area contributed by atoms with Crippen molar-refractivity contribution in [3.63, 3.8) is 0 Å². The van der Waals surface area contributed by atoms with Crippen LogP contribution >= 0.6 is 0 Å². The normalized spacial score (nSPS) is 10.9. The van der Waals surface area contributed by atoms with Crippen LogP contribution in [0.3, 0.4) is 0 Å². The Labute approximate surface area is 112 Å². The summed E-state index contributed by atoms with van der Waals surface area (Å²) >= 11 is 0. The summed E-state index contributed by atoms with van der Waals surface area (Å²) in [4.78, 5) is 0. The Kier molecular flexibility index (Phi) is 6.81. The first-order valence-corrected chi connectivity index (χ1v) is 7.18. The van der Waals surface area contributed by atoms with Gasteiger partial charge in [0.25, 0.3) is 0 Å². The Morgan fingerprint density at radius 2 is 1.89 bits per heavy atom. The first kappa shape index (κ1) is 15.0. The van der Waals surface area contributed by atoms with Crippen molar-refractivity contribution in [3.8, 4) is 5.75 Å². The number of aryl methyl sites for hydroxylation is 1. The molecule has 18 heavy (non-hydrogen) atoms. The summed E-state index contributed by atoms with van der Waals surface area (Å²) in [7, 11) is 0. The number of hydrogen-bond donors (Lipinski definition) is 1. The molecule has 1 rings (SSSR count). The zero-order valence-electron chi connectivity index (χ0n) is 12.3. The molecule has 0 aromatic heterocycles. The number of benzene rings is 1. The van der Waals surface area contributed by atoms with Gasteiger partial charge in [-0.3, -0.25) is 0 Å². The maximum atomic E-state index is 6.09. The van der Waals surface area contributed by atoms with E-state index in [0.717, 1.165) is 38.1 Å². The van der Waals surface area contributed by atoms with Crippen molar-refractivity contribution in [1.29, 1.82) is 0 Å². The van der Waals surface area contributed by atoms with E-state index in [1.54, 1.807) is 0 Å². The fraction of sp³-hybridized carbons (Fsp3) is 0.625. The quantitative estimate of drug-likeness (QED) is 0.701. The second-order valence-corrected chi connectivity index (χ2v) is 4.84. The molecule has 0 aliphatic carbocycles. The van der Waals surface area contributed by atoms with Gasteiger partial charge in [-0.15, -0.1) is 0 Å². The highest BCUT2D eigenvalue weighted by Gasteiger charge is 2.09. The highest BCUT2D eigenvalue weighted by molar-refractivity contribution is 5.37. The molecule has 0 unspecified atom stereocenters. The van der Waals surface area contributed by atoms with Crippen molar-refractivity contribution in [1.82, 2.24) is 5.32 Å². The average molecular weight is 249 g/mol. The fourth-order valence-corrected chi connectivity index (χ4v) is 2.00. The van der Waals surface area contributed by atoms with Crippen LogP contribution in [0, 0.1) is 6.92 Å². The van der Waals surface area contributed by atoms with Crippen molar-refractivity contribution < 1.29 is 4.74 Å². The van der Waals surface area contributed by atoms with E-state index in [1.807, 2.05) is 0 Å². The molecule has 0 heterocycles. The van der Waals surface area contributed by atoms with E-state index in [9.17, 15) is 0 Å². The van der Waals surface area contributed by atoms with Crippen LogP contribution in [0.5, 0.6) is 5.75 Å². The van der Waals surface area contributed by atoms with Gasteiger partial charge in [0.2, 0.25) is 0 Å². The number of nitrogens with one attached hydrogen (secondary N) is 1. The number of ether oxygens (including phenoxy) is 1. The third kappa shape index (κ3) is 4.69. The Morgan fingerprint density at radius 3 is 2.50 bits per heavy atom.